The molecular formula is C14H18BrNO2. The minimum Gasteiger partial charge on any atom is -0.488 e. The molecule has 0 aromatic heterocycles. The third-order valence-corrected chi connectivity index (χ3v) is 4.12. The van der Waals surface area contributed by atoms with Gasteiger partial charge in [-0.25, -0.2) is 0 Å². The van der Waals surface area contributed by atoms with E-state index in [1.54, 1.807) is 0 Å². The summed E-state index contributed by atoms with van der Waals surface area (Å²) in [7, 11) is 0. The molecule has 1 N–H and O–H groups in total. The van der Waals surface area contributed by atoms with Gasteiger partial charge in [-0.15, -0.1) is 0 Å². The van der Waals surface area contributed by atoms with E-state index in [-0.39, 0.29) is 6.10 Å². The summed E-state index contributed by atoms with van der Waals surface area (Å²) in [4.78, 5) is 5.65. The van der Waals surface area contributed by atoms with Crippen LogP contribution in [0.25, 0.3) is 0 Å². The van der Waals surface area contributed by atoms with E-state index in [9.17, 15) is 0 Å². The monoisotopic (exact) mass is 311 g/mol. The summed E-state index contributed by atoms with van der Waals surface area (Å²) in [6.45, 7) is 0.753. The second-order valence-corrected chi connectivity index (χ2v) is 5.98. The molecule has 1 aliphatic heterocycles. The van der Waals surface area contributed by atoms with Gasteiger partial charge in [-0.05, 0) is 36.6 Å². The highest BCUT2D eigenvalue weighted by Crippen LogP contribution is 2.31. The molecule has 1 aromatic rings. The molecule has 0 spiro atoms. The minimum atomic E-state index is 0.190. The molecule has 98 valence electrons. The Morgan fingerprint density at radius 3 is 3.00 bits per heavy atom. The number of hydrogen-bond acceptors (Lipinski definition) is 3. The Morgan fingerprint density at radius 2 is 2.17 bits per heavy atom. The maximum Gasteiger partial charge on any atom is 0.123 e. The molecule has 0 radical (unpaired) electrons. The molecule has 3 nitrogen and oxygen atoms in total. The van der Waals surface area contributed by atoms with Gasteiger partial charge in [0.25, 0.3) is 0 Å². The lowest BCUT2D eigenvalue weighted by Crippen LogP contribution is -2.32. The van der Waals surface area contributed by atoms with E-state index in [4.69, 9.17) is 9.57 Å². The van der Waals surface area contributed by atoms with Gasteiger partial charge in [0, 0.05) is 10.9 Å². The van der Waals surface area contributed by atoms with Crippen molar-refractivity contribution in [2.24, 2.45) is 0 Å². The summed E-state index contributed by atoms with van der Waals surface area (Å²) >= 11 is 3.49. The van der Waals surface area contributed by atoms with Crippen molar-refractivity contribution in [3.05, 3.63) is 28.2 Å². The van der Waals surface area contributed by atoms with Crippen LogP contribution in [0, 0.1) is 0 Å². The first kappa shape index (κ1) is 12.5. The smallest absolute Gasteiger partial charge is 0.123 e. The predicted molar refractivity (Wildman–Crippen MR) is 73.6 cm³/mol. The number of nitrogens with one attached hydrogen (secondary N) is 1. The van der Waals surface area contributed by atoms with Crippen molar-refractivity contribution in [1.82, 2.24) is 5.48 Å². The van der Waals surface area contributed by atoms with Crippen LogP contribution in [0.3, 0.4) is 0 Å². The molecule has 0 amide bonds. The van der Waals surface area contributed by atoms with Crippen molar-refractivity contribution in [2.75, 3.05) is 6.54 Å². The minimum absolute atomic E-state index is 0.190. The molecule has 4 heteroatoms. The van der Waals surface area contributed by atoms with Crippen LogP contribution < -0.4 is 10.2 Å². The summed E-state index contributed by atoms with van der Waals surface area (Å²) in [5, 5.41) is 0. The quantitative estimate of drug-likeness (QED) is 0.866. The highest BCUT2D eigenvalue weighted by molar-refractivity contribution is 9.10. The van der Waals surface area contributed by atoms with Crippen LogP contribution in [0.4, 0.5) is 0 Å². The number of fused-ring (bicyclic) bond motifs is 1. The molecular weight excluding hydrogens is 294 g/mol. The molecule has 0 bridgehead atoms. The lowest BCUT2D eigenvalue weighted by molar-refractivity contribution is -0.0320. The SMILES string of the molecule is Brc1ccc2c(c1)CC(CNOC1CCCC1)O2. The number of rotatable bonds is 4. The van der Waals surface area contributed by atoms with Gasteiger partial charge < -0.3 is 4.74 Å². The second-order valence-electron chi connectivity index (χ2n) is 5.07. The van der Waals surface area contributed by atoms with E-state index < -0.39 is 0 Å². The summed E-state index contributed by atoms with van der Waals surface area (Å²) in [5.74, 6) is 1.01. The number of halogens is 1. The Balaban J connectivity index is 1.46. The predicted octanol–water partition coefficient (Wildman–Crippen LogP) is 3.22. The van der Waals surface area contributed by atoms with E-state index in [0.717, 1.165) is 23.2 Å². The standard InChI is InChI=1S/C14H18BrNO2/c15-11-5-6-14-10(7-11)8-13(17-14)9-16-18-12-3-1-2-4-12/h5-7,12-13,16H,1-4,8-9H2. The van der Waals surface area contributed by atoms with Crippen LogP contribution in [-0.4, -0.2) is 18.8 Å². The van der Waals surface area contributed by atoms with Crippen LogP contribution in [0.5, 0.6) is 5.75 Å². The first-order valence-electron chi connectivity index (χ1n) is 6.65. The summed E-state index contributed by atoms with van der Waals surface area (Å²) in [6, 6.07) is 6.17. The zero-order valence-electron chi connectivity index (χ0n) is 10.3. The topological polar surface area (TPSA) is 30.5 Å². The van der Waals surface area contributed by atoms with Crippen LogP contribution in [0.1, 0.15) is 31.2 Å². The van der Waals surface area contributed by atoms with Crippen molar-refractivity contribution in [1.29, 1.82) is 0 Å². The van der Waals surface area contributed by atoms with E-state index in [1.807, 2.05) is 12.1 Å². The molecule has 1 aliphatic carbocycles. The normalized spacial score (nSPS) is 23.1. The fourth-order valence-corrected chi connectivity index (χ4v) is 3.08. The van der Waals surface area contributed by atoms with Crippen molar-refractivity contribution < 1.29 is 9.57 Å². The van der Waals surface area contributed by atoms with Gasteiger partial charge >= 0.3 is 0 Å². The van der Waals surface area contributed by atoms with E-state index in [0.29, 0.717) is 6.10 Å². The fourth-order valence-electron chi connectivity index (χ4n) is 2.67. The molecule has 1 unspecified atom stereocenters. The number of hydroxylamine groups is 1. The zero-order chi connectivity index (χ0) is 12.4. The molecule has 1 saturated carbocycles. The lowest BCUT2D eigenvalue weighted by Gasteiger charge is -2.15. The second kappa shape index (κ2) is 5.59. The summed E-state index contributed by atoms with van der Waals surface area (Å²) < 4.78 is 6.98. The molecule has 2 aliphatic rings. The summed E-state index contributed by atoms with van der Waals surface area (Å²) in [6.07, 6.45) is 6.52. The maximum absolute atomic E-state index is 5.86. The van der Waals surface area contributed by atoms with Crippen molar-refractivity contribution >= 4 is 15.9 Å². The molecule has 0 saturated heterocycles. The maximum atomic E-state index is 5.86. The molecule has 1 aromatic carbocycles. The number of hydrogen-bond donors (Lipinski definition) is 1. The Kier molecular flexibility index (Phi) is 3.87. The molecule has 1 atom stereocenters. The van der Waals surface area contributed by atoms with Crippen LogP contribution in [0.15, 0.2) is 22.7 Å². The molecule has 3 rings (SSSR count). The summed E-state index contributed by atoms with van der Waals surface area (Å²) in [5.41, 5.74) is 4.36. The molecule has 18 heavy (non-hydrogen) atoms. The third kappa shape index (κ3) is 2.87. The largest absolute Gasteiger partial charge is 0.488 e. The van der Waals surface area contributed by atoms with Gasteiger partial charge in [0.2, 0.25) is 0 Å². The van der Waals surface area contributed by atoms with E-state index >= 15 is 0 Å². The van der Waals surface area contributed by atoms with Gasteiger partial charge in [0.15, 0.2) is 0 Å². The lowest BCUT2D eigenvalue weighted by atomic mass is 10.1. The van der Waals surface area contributed by atoms with Gasteiger partial charge in [0.1, 0.15) is 11.9 Å². The average molecular weight is 312 g/mol. The number of ether oxygens (including phenoxy) is 1. The van der Waals surface area contributed by atoms with Gasteiger partial charge in [0.05, 0.1) is 12.6 Å². The van der Waals surface area contributed by atoms with Gasteiger partial charge in [-0.3, -0.25) is 4.84 Å². The van der Waals surface area contributed by atoms with Crippen molar-refractivity contribution in [2.45, 2.75) is 44.3 Å². The highest BCUT2D eigenvalue weighted by Gasteiger charge is 2.23. The Hall–Kier alpha value is -0.580. The zero-order valence-corrected chi connectivity index (χ0v) is 11.9. The third-order valence-electron chi connectivity index (χ3n) is 3.63. The van der Waals surface area contributed by atoms with Gasteiger partial charge in [-0.2, -0.15) is 5.48 Å². The number of benzene rings is 1. The van der Waals surface area contributed by atoms with Crippen LogP contribution in [-0.2, 0) is 11.3 Å². The Labute approximate surface area is 116 Å². The van der Waals surface area contributed by atoms with E-state index in [1.165, 1.54) is 31.2 Å². The Morgan fingerprint density at radius 1 is 1.33 bits per heavy atom. The molecule has 1 heterocycles. The average Bonchev–Trinajstić information content (AvgIpc) is 2.97. The first-order valence-corrected chi connectivity index (χ1v) is 7.44. The van der Waals surface area contributed by atoms with Crippen LogP contribution in [0.2, 0.25) is 0 Å². The highest BCUT2D eigenvalue weighted by atomic mass is 79.9. The molecule has 1 fully saturated rings. The van der Waals surface area contributed by atoms with Crippen LogP contribution >= 0.6 is 15.9 Å². The Bertz CT molecular complexity index is 418. The van der Waals surface area contributed by atoms with Crippen molar-refractivity contribution in [3.8, 4) is 5.75 Å². The van der Waals surface area contributed by atoms with E-state index in [2.05, 4.69) is 27.5 Å². The first-order chi connectivity index (χ1) is 8.81. The van der Waals surface area contributed by atoms with Gasteiger partial charge in [-0.1, -0.05) is 28.8 Å². The fraction of sp³-hybridized carbons (Fsp3) is 0.571. The van der Waals surface area contributed by atoms with Crippen molar-refractivity contribution in [3.63, 3.8) is 0 Å².